The quantitative estimate of drug-likeness (QED) is 0.811. The van der Waals surface area contributed by atoms with Crippen LogP contribution in [0.1, 0.15) is 18.4 Å². The number of aromatic amines is 1. The minimum Gasteiger partial charge on any atom is -0.361 e. The van der Waals surface area contributed by atoms with Crippen LogP contribution >= 0.6 is 12.4 Å². The predicted octanol–water partition coefficient (Wildman–Crippen LogP) is 2.25. The van der Waals surface area contributed by atoms with E-state index in [-0.39, 0.29) is 24.2 Å². The summed E-state index contributed by atoms with van der Waals surface area (Å²) in [6.45, 7) is 2.56. The number of H-pyrrole nitrogens is 1. The van der Waals surface area contributed by atoms with E-state index in [4.69, 9.17) is 0 Å². The van der Waals surface area contributed by atoms with Gasteiger partial charge in [-0.15, -0.1) is 12.4 Å². The second-order valence-electron chi connectivity index (χ2n) is 5.44. The minimum atomic E-state index is 0. The number of halogens is 1. The van der Waals surface area contributed by atoms with Crippen LogP contribution in [0.5, 0.6) is 0 Å². The monoisotopic (exact) mass is 307 g/mol. The lowest BCUT2D eigenvalue weighted by molar-refractivity contribution is -0.125. The van der Waals surface area contributed by atoms with Crippen molar-refractivity contribution < 1.29 is 4.79 Å². The number of para-hydroxylation sites is 1. The fourth-order valence-corrected chi connectivity index (χ4v) is 2.88. The first kappa shape index (κ1) is 15.9. The molecule has 1 aromatic heterocycles. The average Bonchev–Trinajstić information content (AvgIpc) is 2.92. The summed E-state index contributed by atoms with van der Waals surface area (Å²) in [6.07, 6.45) is 5.02. The molecule has 0 saturated carbocycles. The van der Waals surface area contributed by atoms with Crippen molar-refractivity contribution in [1.29, 1.82) is 0 Å². The Morgan fingerprint density at radius 3 is 3.00 bits per heavy atom. The largest absolute Gasteiger partial charge is 0.361 e. The van der Waals surface area contributed by atoms with Gasteiger partial charge in [-0.2, -0.15) is 0 Å². The Hall–Kier alpha value is -1.52. The molecule has 3 rings (SSSR count). The number of benzene rings is 1. The SMILES string of the molecule is Cl.O=C(NCCc1c[nH]c2ccccc12)C1CCCNC1. The summed E-state index contributed by atoms with van der Waals surface area (Å²) < 4.78 is 0. The number of carbonyl (C=O) groups excluding carboxylic acids is 1. The number of piperidine rings is 1. The molecule has 0 spiro atoms. The first-order valence-electron chi connectivity index (χ1n) is 7.38. The Morgan fingerprint density at radius 2 is 2.19 bits per heavy atom. The van der Waals surface area contributed by atoms with Crippen molar-refractivity contribution in [3.05, 3.63) is 36.0 Å². The van der Waals surface area contributed by atoms with Crippen molar-refractivity contribution in [3.63, 3.8) is 0 Å². The Bertz CT molecular complexity index is 590. The van der Waals surface area contributed by atoms with Gasteiger partial charge in [0.25, 0.3) is 0 Å². The predicted molar refractivity (Wildman–Crippen MR) is 87.9 cm³/mol. The summed E-state index contributed by atoms with van der Waals surface area (Å²) >= 11 is 0. The highest BCUT2D eigenvalue weighted by Crippen LogP contribution is 2.17. The number of hydrogen-bond donors (Lipinski definition) is 3. The summed E-state index contributed by atoms with van der Waals surface area (Å²) in [4.78, 5) is 15.3. The Balaban J connectivity index is 0.00000161. The summed E-state index contributed by atoms with van der Waals surface area (Å²) in [7, 11) is 0. The van der Waals surface area contributed by atoms with Crippen LogP contribution in [-0.4, -0.2) is 30.5 Å². The standard InChI is InChI=1S/C16H21N3O.ClH/c20-16(13-4-3-8-17-10-13)18-9-7-12-11-19-15-6-2-1-5-14(12)15;/h1-2,5-6,11,13,17,19H,3-4,7-10H2,(H,18,20);1H. The van der Waals surface area contributed by atoms with E-state index in [1.807, 2.05) is 18.3 Å². The molecule has 1 aromatic carbocycles. The molecule has 1 amide bonds. The molecule has 2 aromatic rings. The van der Waals surface area contributed by atoms with Crippen LogP contribution in [-0.2, 0) is 11.2 Å². The number of amides is 1. The number of aromatic nitrogens is 1. The fourth-order valence-electron chi connectivity index (χ4n) is 2.88. The molecule has 21 heavy (non-hydrogen) atoms. The average molecular weight is 308 g/mol. The summed E-state index contributed by atoms with van der Waals surface area (Å²) in [5.74, 6) is 0.337. The first-order chi connectivity index (χ1) is 9.84. The molecule has 0 bridgehead atoms. The van der Waals surface area contributed by atoms with E-state index >= 15 is 0 Å². The van der Waals surface area contributed by atoms with E-state index in [0.717, 1.165) is 37.9 Å². The van der Waals surface area contributed by atoms with Gasteiger partial charge in [-0.3, -0.25) is 4.79 Å². The number of hydrogen-bond acceptors (Lipinski definition) is 2. The zero-order valence-corrected chi connectivity index (χ0v) is 12.8. The molecule has 1 unspecified atom stereocenters. The molecule has 4 nitrogen and oxygen atoms in total. The summed E-state index contributed by atoms with van der Waals surface area (Å²) in [6, 6.07) is 8.27. The number of carbonyl (C=O) groups is 1. The normalized spacial score (nSPS) is 18.2. The molecule has 0 radical (unpaired) electrons. The van der Waals surface area contributed by atoms with Gasteiger partial charge in [0.2, 0.25) is 5.91 Å². The van der Waals surface area contributed by atoms with Crippen LogP contribution in [0.2, 0.25) is 0 Å². The highest BCUT2D eigenvalue weighted by atomic mass is 35.5. The second kappa shape index (κ2) is 7.48. The van der Waals surface area contributed by atoms with Gasteiger partial charge in [-0.25, -0.2) is 0 Å². The lowest BCUT2D eigenvalue weighted by Crippen LogP contribution is -2.41. The molecule has 2 heterocycles. The molecule has 1 aliphatic heterocycles. The summed E-state index contributed by atoms with van der Waals surface area (Å²) in [5.41, 5.74) is 2.42. The fraction of sp³-hybridized carbons (Fsp3) is 0.438. The number of fused-ring (bicyclic) bond motifs is 1. The topological polar surface area (TPSA) is 56.9 Å². The van der Waals surface area contributed by atoms with Gasteiger partial charge >= 0.3 is 0 Å². The lowest BCUT2D eigenvalue weighted by Gasteiger charge is -2.21. The van der Waals surface area contributed by atoms with Gasteiger partial charge in [0.15, 0.2) is 0 Å². The van der Waals surface area contributed by atoms with Crippen LogP contribution in [0, 0.1) is 5.92 Å². The molecular formula is C16H22ClN3O. The molecule has 1 aliphatic rings. The van der Waals surface area contributed by atoms with E-state index in [1.165, 1.54) is 10.9 Å². The molecule has 1 fully saturated rings. The third-order valence-electron chi connectivity index (χ3n) is 4.04. The van der Waals surface area contributed by atoms with Gasteiger partial charge in [0.1, 0.15) is 0 Å². The molecular weight excluding hydrogens is 286 g/mol. The maximum Gasteiger partial charge on any atom is 0.224 e. The Kier molecular flexibility index (Phi) is 5.65. The van der Waals surface area contributed by atoms with Crippen molar-refractivity contribution in [2.45, 2.75) is 19.3 Å². The number of rotatable bonds is 4. The Labute approximate surface area is 131 Å². The van der Waals surface area contributed by atoms with E-state index in [9.17, 15) is 4.79 Å². The van der Waals surface area contributed by atoms with Crippen molar-refractivity contribution in [2.75, 3.05) is 19.6 Å². The van der Waals surface area contributed by atoms with Crippen molar-refractivity contribution in [3.8, 4) is 0 Å². The Morgan fingerprint density at radius 1 is 1.33 bits per heavy atom. The van der Waals surface area contributed by atoms with Gasteiger partial charge in [-0.1, -0.05) is 18.2 Å². The van der Waals surface area contributed by atoms with Crippen LogP contribution < -0.4 is 10.6 Å². The zero-order valence-electron chi connectivity index (χ0n) is 12.0. The van der Waals surface area contributed by atoms with Crippen LogP contribution in [0.15, 0.2) is 30.5 Å². The van der Waals surface area contributed by atoms with Crippen molar-refractivity contribution in [1.82, 2.24) is 15.6 Å². The van der Waals surface area contributed by atoms with Gasteiger partial charge in [0.05, 0.1) is 5.92 Å². The molecule has 114 valence electrons. The number of nitrogens with one attached hydrogen (secondary N) is 3. The van der Waals surface area contributed by atoms with Crippen LogP contribution in [0.4, 0.5) is 0 Å². The third-order valence-corrected chi connectivity index (χ3v) is 4.04. The first-order valence-corrected chi connectivity index (χ1v) is 7.38. The lowest BCUT2D eigenvalue weighted by atomic mass is 9.99. The second-order valence-corrected chi connectivity index (χ2v) is 5.44. The zero-order chi connectivity index (χ0) is 13.8. The van der Waals surface area contributed by atoms with E-state index in [2.05, 4.69) is 27.8 Å². The molecule has 1 saturated heterocycles. The molecule has 0 aliphatic carbocycles. The van der Waals surface area contributed by atoms with Crippen LogP contribution in [0.25, 0.3) is 10.9 Å². The van der Waals surface area contributed by atoms with E-state index in [0.29, 0.717) is 6.54 Å². The van der Waals surface area contributed by atoms with Crippen LogP contribution in [0.3, 0.4) is 0 Å². The highest BCUT2D eigenvalue weighted by molar-refractivity contribution is 5.85. The molecule has 5 heteroatoms. The van der Waals surface area contributed by atoms with E-state index < -0.39 is 0 Å². The van der Waals surface area contributed by atoms with Gasteiger partial charge in [-0.05, 0) is 37.4 Å². The van der Waals surface area contributed by atoms with Crippen molar-refractivity contribution in [2.24, 2.45) is 5.92 Å². The van der Waals surface area contributed by atoms with Crippen molar-refractivity contribution >= 4 is 29.2 Å². The third kappa shape index (κ3) is 3.77. The minimum absolute atomic E-state index is 0. The highest BCUT2D eigenvalue weighted by Gasteiger charge is 2.20. The maximum atomic E-state index is 12.0. The van der Waals surface area contributed by atoms with Gasteiger partial charge < -0.3 is 15.6 Å². The summed E-state index contributed by atoms with van der Waals surface area (Å²) in [5, 5.41) is 7.59. The molecule has 3 N–H and O–H groups in total. The maximum absolute atomic E-state index is 12.0. The molecule has 1 atom stereocenters. The smallest absolute Gasteiger partial charge is 0.224 e. The van der Waals surface area contributed by atoms with E-state index in [1.54, 1.807) is 0 Å². The van der Waals surface area contributed by atoms with Gasteiger partial charge in [0, 0.05) is 30.2 Å².